The van der Waals surface area contributed by atoms with Gasteiger partial charge < -0.3 is 10.2 Å². The lowest BCUT2D eigenvalue weighted by atomic mass is 10.0. The molecule has 1 aliphatic rings. The van der Waals surface area contributed by atoms with Crippen molar-refractivity contribution < 1.29 is 11.0 Å². The number of carbonyl (C=O) groups is 2. The Kier molecular flexibility index (Phi) is 4.66. The molecule has 1 aliphatic heterocycles. The summed E-state index contributed by atoms with van der Waals surface area (Å²) in [6.45, 7) is 7.65. The number of amides is 2. The predicted octanol–water partition coefficient (Wildman–Crippen LogP) is 3.14. The molecule has 116 valence electrons. The monoisotopic (exact) mass is 290 g/mol. The lowest BCUT2D eigenvalue weighted by Gasteiger charge is -2.26. The Bertz CT molecular complexity index is 520. The highest BCUT2D eigenvalue weighted by molar-refractivity contribution is 5.94. The fourth-order valence-electron chi connectivity index (χ4n) is 3.05. The summed E-state index contributed by atoms with van der Waals surface area (Å²) in [4.78, 5) is 25.6. The van der Waals surface area contributed by atoms with E-state index in [0.717, 1.165) is 24.0 Å². The van der Waals surface area contributed by atoms with Crippen LogP contribution in [0.25, 0.3) is 0 Å². The molecule has 4 nitrogen and oxygen atoms in total. The molecule has 1 heterocycles. The van der Waals surface area contributed by atoms with Crippen LogP contribution in [0.1, 0.15) is 63.9 Å². The van der Waals surface area contributed by atoms with Crippen LogP contribution in [0.15, 0.2) is 24.3 Å². The molecule has 2 unspecified atom stereocenters. The smallest absolute Gasteiger partial charge is 0.254 e. The minimum Gasteiger partial charge on any atom is -0.350 e. The summed E-state index contributed by atoms with van der Waals surface area (Å²) in [6.07, 6.45) is 2.15. The molecule has 1 fully saturated rings. The molecule has 0 aromatic heterocycles. The van der Waals surface area contributed by atoms with Crippen molar-refractivity contribution in [2.45, 2.75) is 58.7 Å². The van der Waals surface area contributed by atoms with Gasteiger partial charge in [-0.2, -0.15) is 0 Å². The van der Waals surface area contributed by atoms with Gasteiger partial charge in [0.15, 0.2) is 0 Å². The zero-order valence-electron chi connectivity index (χ0n) is 13.2. The Morgan fingerprint density at radius 3 is 2.19 bits per heavy atom. The fraction of sp³-hybridized carbons (Fsp3) is 0.529. The number of carbonyl (C=O) groups excluding carboxylic acids is 2. The summed E-state index contributed by atoms with van der Waals surface area (Å²) < 4.78 is 0. The number of nitrogens with one attached hydrogen (secondary N) is 1. The first-order chi connectivity index (χ1) is 9.90. The Balaban J connectivity index is 0.00000242. The van der Waals surface area contributed by atoms with Gasteiger partial charge in [0.25, 0.3) is 5.91 Å². The molecular weight excluding hydrogens is 264 g/mol. The third-order valence-electron chi connectivity index (χ3n) is 4.26. The van der Waals surface area contributed by atoms with Gasteiger partial charge in [0.2, 0.25) is 5.91 Å². The van der Waals surface area contributed by atoms with Crippen LogP contribution < -0.4 is 5.32 Å². The summed E-state index contributed by atoms with van der Waals surface area (Å²) >= 11 is 0. The second-order valence-corrected chi connectivity index (χ2v) is 6.03. The van der Waals surface area contributed by atoms with E-state index in [9.17, 15) is 9.59 Å². The summed E-state index contributed by atoms with van der Waals surface area (Å²) in [6, 6.07) is 8.12. The van der Waals surface area contributed by atoms with Crippen LogP contribution in [0.5, 0.6) is 0 Å². The third kappa shape index (κ3) is 3.43. The van der Waals surface area contributed by atoms with E-state index < -0.39 is 0 Å². The van der Waals surface area contributed by atoms with Crippen LogP contribution in [0, 0.1) is 0 Å². The van der Waals surface area contributed by atoms with Gasteiger partial charge in [0.05, 0.1) is 6.04 Å². The molecule has 21 heavy (non-hydrogen) atoms. The van der Waals surface area contributed by atoms with E-state index in [1.54, 1.807) is 0 Å². The van der Waals surface area contributed by atoms with Crippen molar-refractivity contribution in [2.75, 3.05) is 0 Å². The molecule has 0 saturated carbocycles. The van der Waals surface area contributed by atoms with Crippen LogP contribution in [0.4, 0.5) is 0 Å². The molecule has 0 aliphatic carbocycles. The number of benzene rings is 1. The van der Waals surface area contributed by atoms with E-state index >= 15 is 0 Å². The highest BCUT2D eigenvalue weighted by atomic mass is 16.2. The maximum Gasteiger partial charge on any atom is 0.254 e. The number of hydrogen-bond donors (Lipinski definition) is 1. The van der Waals surface area contributed by atoms with Crippen molar-refractivity contribution in [1.82, 2.24) is 10.2 Å². The maximum absolute atomic E-state index is 12.6. The van der Waals surface area contributed by atoms with E-state index in [2.05, 4.69) is 19.2 Å². The Labute approximate surface area is 128 Å². The number of nitrogens with zero attached hydrogens (tertiary/aromatic N) is 1. The van der Waals surface area contributed by atoms with Gasteiger partial charge in [-0.25, -0.2) is 0 Å². The second kappa shape index (κ2) is 6.29. The summed E-state index contributed by atoms with van der Waals surface area (Å²) in [5, 5.41) is 2.84. The van der Waals surface area contributed by atoms with Crippen molar-refractivity contribution in [2.24, 2.45) is 0 Å². The largest absolute Gasteiger partial charge is 0.350 e. The Morgan fingerprint density at radius 1 is 1.19 bits per heavy atom. The van der Waals surface area contributed by atoms with Crippen LogP contribution in [-0.2, 0) is 4.79 Å². The molecule has 1 N–H and O–H groups in total. The van der Waals surface area contributed by atoms with Crippen LogP contribution in [-0.4, -0.2) is 28.8 Å². The lowest BCUT2D eigenvalue weighted by molar-refractivity contribution is -0.119. The van der Waals surface area contributed by atoms with Gasteiger partial charge in [-0.1, -0.05) is 12.1 Å². The van der Waals surface area contributed by atoms with E-state index in [0.29, 0.717) is 12.1 Å². The van der Waals surface area contributed by atoms with E-state index in [1.807, 2.05) is 36.1 Å². The highest BCUT2D eigenvalue weighted by Crippen LogP contribution is 2.26. The van der Waals surface area contributed by atoms with Crippen molar-refractivity contribution in [3.05, 3.63) is 35.4 Å². The fourth-order valence-corrected chi connectivity index (χ4v) is 3.05. The van der Waals surface area contributed by atoms with E-state index in [1.165, 1.54) is 6.92 Å². The average Bonchev–Trinajstić information content (AvgIpc) is 2.77. The molecule has 3 atom stereocenters. The number of rotatable bonds is 3. The van der Waals surface area contributed by atoms with E-state index in [4.69, 9.17) is 0 Å². The quantitative estimate of drug-likeness (QED) is 0.929. The van der Waals surface area contributed by atoms with Gasteiger partial charge >= 0.3 is 0 Å². The van der Waals surface area contributed by atoms with Crippen molar-refractivity contribution in [3.8, 4) is 0 Å². The molecular formula is C17H26N2O2. The van der Waals surface area contributed by atoms with Crippen molar-refractivity contribution in [1.29, 1.82) is 0 Å². The van der Waals surface area contributed by atoms with Crippen molar-refractivity contribution >= 4 is 11.8 Å². The Hall–Kier alpha value is -1.84. The molecule has 1 saturated heterocycles. The first-order valence-corrected chi connectivity index (χ1v) is 7.60. The van der Waals surface area contributed by atoms with Gasteiger partial charge in [0, 0.05) is 26.0 Å². The summed E-state index contributed by atoms with van der Waals surface area (Å²) in [7, 11) is 0. The first-order valence-electron chi connectivity index (χ1n) is 7.60. The van der Waals surface area contributed by atoms with Gasteiger partial charge in [-0.15, -0.1) is 0 Å². The predicted molar refractivity (Wildman–Crippen MR) is 85.1 cm³/mol. The van der Waals surface area contributed by atoms with Crippen LogP contribution in [0.3, 0.4) is 0 Å². The molecule has 1 aromatic carbocycles. The summed E-state index contributed by atoms with van der Waals surface area (Å²) in [5.74, 6) is 0.0496. The van der Waals surface area contributed by atoms with Gasteiger partial charge in [-0.05, 0) is 51.3 Å². The molecule has 2 amide bonds. The number of likely N-dealkylation sites (tertiary alicyclic amines) is 1. The molecule has 0 bridgehead atoms. The molecule has 4 heteroatoms. The SMILES string of the molecule is CC(=O)N[C@H](C)c1ccc(C(=O)N2C(C)CCC2C)cc1.[HH]. The molecule has 0 spiro atoms. The number of hydrogen-bond acceptors (Lipinski definition) is 2. The lowest BCUT2D eigenvalue weighted by Crippen LogP contribution is -2.38. The second-order valence-electron chi connectivity index (χ2n) is 6.03. The molecule has 0 radical (unpaired) electrons. The van der Waals surface area contributed by atoms with Gasteiger partial charge in [0.1, 0.15) is 0 Å². The normalized spacial score (nSPS) is 23.0. The first kappa shape index (κ1) is 15.5. The minimum absolute atomic E-state index is 0. The van der Waals surface area contributed by atoms with Crippen molar-refractivity contribution in [3.63, 3.8) is 0 Å². The molecule has 1 aromatic rings. The zero-order valence-corrected chi connectivity index (χ0v) is 13.2. The zero-order chi connectivity index (χ0) is 15.6. The molecule has 2 rings (SSSR count). The highest BCUT2D eigenvalue weighted by Gasteiger charge is 2.31. The maximum atomic E-state index is 12.6. The average molecular weight is 290 g/mol. The van der Waals surface area contributed by atoms with Gasteiger partial charge in [-0.3, -0.25) is 9.59 Å². The Morgan fingerprint density at radius 2 is 1.71 bits per heavy atom. The third-order valence-corrected chi connectivity index (χ3v) is 4.26. The summed E-state index contributed by atoms with van der Waals surface area (Å²) in [5.41, 5.74) is 1.72. The minimum atomic E-state index is -0.0534. The standard InChI is InChI=1S/C17H24N2O2.H2/c1-11-5-6-12(2)19(11)17(21)16-9-7-15(8-10-16)13(3)18-14(4)20;/h7-13H,5-6H2,1-4H3,(H,18,20);1H/t11?,12?,13-;/m1./s1. The van der Waals surface area contributed by atoms with Crippen LogP contribution >= 0.6 is 0 Å². The topological polar surface area (TPSA) is 49.4 Å². The van der Waals surface area contributed by atoms with E-state index in [-0.39, 0.29) is 19.3 Å². The van der Waals surface area contributed by atoms with Crippen LogP contribution in [0.2, 0.25) is 0 Å².